The van der Waals surface area contributed by atoms with E-state index in [1.165, 1.54) is 0 Å². The molecule has 1 aliphatic rings. The number of rotatable bonds is 6. The van der Waals surface area contributed by atoms with Crippen LogP contribution in [0.15, 0.2) is 48.7 Å². The maximum absolute atomic E-state index is 6.01. The van der Waals surface area contributed by atoms with Gasteiger partial charge in [0.15, 0.2) is 17.3 Å². The number of benzene rings is 2. The highest BCUT2D eigenvalue weighted by Crippen LogP contribution is 2.33. The van der Waals surface area contributed by atoms with Gasteiger partial charge in [0.05, 0.1) is 6.20 Å². The number of hydrogen-bond acceptors (Lipinski definition) is 7. The van der Waals surface area contributed by atoms with Crippen LogP contribution < -0.4 is 20.1 Å². The predicted molar refractivity (Wildman–Crippen MR) is 104 cm³/mol. The van der Waals surface area contributed by atoms with Crippen molar-refractivity contribution in [2.45, 2.75) is 6.42 Å². The molecule has 2 aromatic carbocycles. The van der Waals surface area contributed by atoms with E-state index in [1.54, 1.807) is 6.20 Å². The summed E-state index contributed by atoms with van der Waals surface area (Å²) in [7, 11) is 0. The van der Waals surface area contributed by atoms with Crippen LogP contribution >= 0.6 is 11.6 Å². The maximum Gasteiger partial charge on any atom is 0.249 e. The van der Waals surface area contributed by atoms with Crippen molar-refractivity contribution in [1.29, 1.82) is 0 Å². The van der Waals surface area contributed by atoms with Gasteiger partial charge in [-0.1, -0.05) is 23.7 Å². The summed E-state index contributed by atoms with van der Waals surface area (Å²) >= 11 is 6.01. The molecule has 138 valence electrons. The Bertz CT molecular complexity index is 937. The van der Waals surface area contributed by atoms with Gasteiger partial charge in [0.2, 0.25) is 5.95 Å². The van der Waals surface area contributed by atoms with Gasteiger partial charge in [0.25, 0.3) is 0 Å². The van der Waals surface area contributed by atoms with Gasteiger partial charge < -0.3 is 20.1 Å². The lowest BCUT2D eigenvalue weighted by atomic mass is 10.1. The Morgan fingerprint density at radius 2 is 1.93 bits per heavy atom. The highest BCUT2D eigenvalue weighted by Gasteiger charge is 2.12. The Morgan fingerprint density at radius 1 is 1.04 bits per heavy atom. The molecular formula is C19H18ClN5O2. The Hall–Kier alpha value is -3.06. The molecular weight excluding hydrogens is 366 g/mol. The molecule has 0 saturated carbocycles. The monoisotopic (exact) mass is 383 g/mol. The zero-order valence-electron chi connectivity index (χ0n) is 14.5. The third-order valence-electron chi connectivity index (χ3n) is 3.97. The molecule has 0 unspecified atom stereocenters. The molecule has 0 saturated heterocycles. The smallest absolute Gasteiger partial charge is 0.249 e. The van der Waals surface area contributed by atoms with Crippen LogP contribution in [-0.2, 0) is 6.42 Å². The lowest BCUT2D eigenvalue weighted by molar-refractivity contribution is 0.171. The third kappa shape index (κ3) is 4.57. The van der Waals surface area contributed by atoms with Crippen LogP contribution in [0, 0.1) is 0 Å². The average Bonchev–Trinajstić information content (AvgIpc) is 2.68. The summed E-state index contributed by atoms with van der Waals surface area (Å²) in [6.45, 7) is 1.82. The van der Waals surface area contributed by atoms with Gasteiger partial charge in [-0.15, -0.1) is 5.10 Å². The average molecular weight is 384 g/mol. The topological polar surface area (TPSA) is 81.2 Å². The van der Waals surface area contributed by atoms with Crippen molar-refractivity contribution in [3.63, 3.8) is 0 Å². The van der Waals surface area contributed by atoms with Gasteiger partial charge >= 0.3 is 0 Å². The first-order valence-corrected chi connectivity index (χ1v) is 8.99. The maximum atomic E-state index is 6.01. The van der Waals surface area contributed by atoms with E-state index in [2.05, 4.69) is 25.8 Å². The number of hydrogen-bond donors (Lipinski definition) is 2. The van der Waals surface area contributed by atoms with E-state index < -0.39 is 0 Å². The molecule has 1 aromatic heterocycles. The lowest BCUT2D eigenvalue weighted by Crippen LogP contribution is -2.15. The fourth-order valence-corrected chi connectivity index (χ4v) is 2.93. The number of halogens is 1. The van der Waals surface area contributed by atoms with Crippen LogP contribution in [0.1, 0.15) is 5.56 Å². The van der Waals surface area contributed by atoms with Crippen LogP contribution in [0.3, 0.4) is 0 Å². The van der Waals surface area contributed by atoms with E-state index in [4.69, 9.17) is 21.1 Å². The molecule has 7 nitrogen and oxygen atoms in total. The van der Waals surface area contributed by atoms with E-state index in [1.807, 2.05) is 42.5 Å². The summed E-state index contributed by atoms with van der Waals surface area (Å²) in [6, 6.07) is 13.4. The Morgan fingerprint density at radius 3 is 2.81 bits per heavy atom. The molecule has 0 atom stereocenters. The number of nitrogens with zero attached hydrogens (tertiary/aromatic N) is 3. The second-order valence-electron chi connectivity index (χ2n) is 5.96. The molecule has 27 heavy (non-hydrogen) atoms. The number of anilines is 3. The van der Waals surface area contributed by atoms with E-state index in [0.29, 0.717) is 37.3 Å². The second kappa shape index (κ2) is 8.09. The van der Waals surface area contributed by atoms with E-state index >= 15 is 0 Å². The van der Waals surface area contributed by atoms with Crippen LogP contribution in [0.2, 0.25) is 5.02 Å². The molecule has 8 heteroatoms. The molecule has 2 N–H and O–H groups in total. The number of aromatic nitrogens is 3. The van der Waals surface area contributed by atoms with Gasteiger partial charge in [0.1, 0.15) is 13.2 Å². The molecule has 1 aliphatic heterocycles. The minimum Gasteiger partial charge on any atom is -0.486 e. The van der Waals surface area contributed by atoms with Crippen molar-refractivity contribution < 1.29 is 9.47 Å². The molecule has 3 aromatic rings. The van der Waals surface area contributed by atoms with Crippen molar-refractivity contribution in [3.8, 4) is 11.5 Å². The summed E-state index contributed by atoms with van der Waals surface area (Å²) < 4.78 is 11.1. The highest BCUT2D eigenvalue weighted by molar-refractivity contribution is 6.30. The molecule has 0 bridgehead atoms. The predicted octanol–water partition coefficient (Wildman–Crippen LogP) is 3.69. The number of nitrogens with one attached hydrogen (secondary N) is 2. The summed E-state index contributed by atoms with van der Waals surface area (Å²) in [4.78, 5) is 4.43. The van der Waals surface area contributed by atoms with E-state index in [9.17, 15) is 0 Å². The molecule has 0 amide bonds. The normalized spacial score (nSPS) is 12.5. The minimum absolute atomic E-state index is 0.402. The van der Waals surface area contributed by atoms with Gasteiger partial charge in [-0.2, -0.15) is 10.1 Å². The number of fused-ring (bicyclic) bond motifs is 1. The number of ether oxygens (including phenoxy) is 2. The largest absolute Gasteiger partial charge is 0.486 e. The molecule has 4 rings (SSSR count). The molecule has 0 fully saturated rings. The first-order valence-electron chi connectivity index (χ1n) is 8.61. The lowest BCUT2D eigenvalue weighted by Gasteiger charge is -2.19. The highest BCUT2D eigenvalue weighted by atomic mass is 35.5. The van der Waals surface area contributed by atoms with Crippen LogP contribution in [0.4, 0.5) is 17.5 Å². The van der Waals surface area contributed by atoms with E-state index in [0.717, 1.165) is 28.4 Å². The van der Waals surface area contributed by atoms with Gasteiger partial charge in [-0.25, -0.2) is 0 Å². The standard InChI is InChI=1S/C19H18ClN5O2/c20-14-3-1-2-13(10-14)6-7-21-18-12-22-25-19(24-18)23-15-4-5-16-17(11-15)27-9-8-26-16/h1-5,10-12H,6-9H2,(H2,21,23,24,25). The van der Waals surface area contributed by atoms with Gasteiger partial charge in [-0.05, 0) is 36.2 Å². The molecule has 0 radical (unpaired) electrons. The molecule has 0 aliphatic carbocycles. The fourth-order valence-electron chi connectivity index (χ4n) is 2.72. The Kier molecular flexibility index (Phi) is 5.20. The Labute approximate surface area is 161 Å². The SMILES string of the molecule is Clc1cccc(CCNc2cnnc(Nc3ccc4c(c3)OCCO4)n2)c1. The first kappa shape index (κ1) is 17.4. The van der Waals surface area contributed by atoms with Gasteiger partial charge in [0, 0.05) is 23.3 Å². The third-order valence-corrected chi connectivity index (χ3v) is 4.20. The minimum atomic E-state index is 0.402. The van der Waals surface area contributed by atoms with Crippen molar-refractivity contribution >= 4 is 29.1 Å². The van der Waals surface area contributed by atoms with Crippen molar-refractivity contribution in [2.24, 2.45) is 0 Å². The van der Waals surface area contributed by atoms with Crippen LogP contribution in [-0.4, -0.2) is 34.9 Å². The Balaban J connectivity index is 1.37. The fraction of sp³-hybridized carbons (Fsp3) is 0.211. The van der Waals surface area contributed by atoms with Crippen LogP contribution in [0.5, 0.6) is 11.5 Å². The van der Waals surface area contributed by atoms with Crippen molar-refractivity contribution in [1.82, 2.24) is 15.2 Å². The quantitative estimate of drug-likeness (QED) is 0.671. The second-order valence-corrected chi connectivity index (χ2v) is 6.39. The summed E-state index contributed by atoms with van der Waals surface area (Å²) in [6.07, 6.45) is 2.42. The molecule has 0 spiro atoms. The first-order chi connectivity index (χ1) is 13.3. The van der Waals surface area contributed by atoms with Crippen molar-refractivity contribution in [2.75, 3.05) is 30.4 Å². The van der Waals surface area contributed by atoms with Gasteiger partial charge in [-0.3, -0.25) is 0 Å². The zero-order chi connectivity index (χ0) is 18.5. The summed E-state index contributed by atoms with van der Waals surface area (Å²) in [5.41, 5.74) is 1.96. The zero-order valence-corrected chi connectivity index (χ0v) is 15.2. The van der Waals surface area contributed by atoms with Crippen LogP contribution in [0.25, 0.3) is 0 Å². The van der Waals surface area contributed by atoms with E-state index in [-0.39, 0.29) is 0 Å². The summed E-state index contributed by atoms with van der Waals surface area (Å²) in [5, 5.41) is 15.1. The summed E-state index contributed by atoms with van der Waals surface area (Å²) in [5.74, 6) is 2.49. The van der Waals surface area contributed by atoms with Crippen molar-refractivity contribution in [3.05, 3.63) is 59.2 Å². The molecule has 2 heterocycles.